The molecule has 1 unspecified atom stereocenters. The van der Waals surface area contributed by atoms with E-state index < -0.39 is 28.5 Å². The molecule has 3 aromatic carbocycles. The summed E-state index contributed by atoms with van der Waals surface area (Å²) in [6.45, 7) is 9.43. The van der Waals surface area contributed by atoms with Gasteiger partial charge < -0.3 is 15.0 Å². The maximum atomic E-state index is 14.1. The van der Waals surface area contributed by atoms with Crippen LogP contribution in [0, 0.1) is 20.8 Å². The fraction of sp³-hybridized carbons (Fsp3) is 0.375. The van der Waals surface area contributed by atoms with Crippen LogP contribution >= 0.6 is 0 Å². The van der Waals surface area contributed by atoms with Crippen molar-refractivity contribution in [2.24, 2.45) is 0 Å². The highest BCUT2D eigenvalue weighted by Gasteiger charge is 2.33. The number of hydrogen-bond acceptors (Lipinski definition) is 5. The Morgan fingerprint density at radius 1 is 0.976 bits per heavy atom. The van der Waals surface area contributed by atoms with Crippen LogP contribution in [0.4, 0.5) is 5.69 Å². The minimum absolute atomic E-state index is 0.0847. The number of benzene rings is 3. The number of anilines is 1. The normalized spacial score (nSPS) is 12.0. The fourth-order valence-corrected chi connectivity index (χ4v) is 5.91. The number of ether oxygens (including phenoxy) is 1. The quantitative estimate of drug-likeness (QED) is 0.283. The molecule has 0 saturated carbocycles. The SMILES string of the molecule is CCCCNC(=O)C(C)N(Cc1cccc(OC)c1)C(=O)CN(c1cccc(C)c1C)S(=O)(=O)c1ccc(C)cc1. The Kier molecular flexibility index (Phi) is 10.9. The molecule has 0 aliphatic carbocycles. The number of hydrogen-bond donors (Lipinski definition) is 1. The molecule has 0 radical (unpaired) electrons. The fourth-order valence-electron chi connectivity index (χ4n) is 4.44. The van der Waals surface area contributed by atoms with Gasteiger partial charge in [-0.1, -0.05) is 55.3 Å². The van der Waals surface area contributed by atoms with E-state index in [9.17, 15) is 18.0 Å². The molecule has 1 atom stereocenters. The molecule has 9 heteroatoms. The summed E-state index contributed by atoms with van der Waals surface area (Å²) in [4.78, 5) is 28.7. The van der Waals surface area contributed by atoms with Crippen LogP contribution < -0.4 is 14.4 Å². The second kappa shape index (κ2) is 14.2. The number of sulfonamides is 1. The molecular weight excluding hydrogens is 538 g/mol. The van der Waals surface area contributed by atoms with Gasteiger partial charge >= 0.3 is 0 Å². The van der Waals surface area contributed by atoms with E-state index in [4.69, 9.17) is 4.74 Å². The van der Waals surface area contributed by atoms with E-state index in [-0.39, 0.29) is 17.3 Å². The molecule has 0 aliphatic rings. The number of nitrogens with one attached hydrogen (secondary N) is 1. The molecule has 0 aromatic heterocycles. The van der Waals surface area contributed by atoms with Gasteiger partial charge in [0, 0.05) is 13.1 Å². The first-order valence-corrected chi connectivity index (χ1v) is 15.3. The molecule has 41 heavy (non-hydrogen) atoms. The number of aryl methyl sites for hydroxylation is 2. The van der Waals surface area contributed by atoms with Crippen LogP contribution in [0.5, 0.6) is 5.75 Å². The molecule has 2 amide bonds. The zero-order chi connectivity index (χ0) is 30.2. The first-order chi connectivity index (χ1) is 19.5. The van der Waals surface area contributed by atoms with Crippen molar-refractivity contribution < 1.29 is 22.7 Å². The summed E-state index contributed by atoms with van der Waals surface area (Å²) >= 11 is 0. The van der Waals surface area contributed by atoms with Gasteiger partial charge in [-0.25, -0.2) is 8.42 Å². The molecule has 1 N–H and O–H groups in total. The van der Waals surface area contributed by atoms with E-state index >= 15 is 0 Å². The van der Waals surface area contributed by atoms with Crippen molar-refractivity contribution >= 4 is 27.5 Å². The third-order valence-corrected chi connectivity index (χ3v) is 8.99. The zero-order valence-corrected chi connectivity index (χ0v) is 25.6. The molecule has 0 bridgehead atoms. The first-order valence-electron chi connectivity index (χ1n) is 13.8. The van der Waals surface area contributed by atoms with Gasteiger partial charge in [-0.3, -0.25) is 13.9 Å². The summed E-state index contributed by atoms with van der Waals surface area (Å²) in [5.74, 6) is -0.175. The third kappa shape index (κ3) is 7.88. The summed E-state index contributed by atoms with van der Waals surface area (Å²) in [6, 6.07) is 18.3. The van der Waals surface area contributed by atoms with Crippen LogP contribution in [0.25, 0.3) is 0 Å². The second-order valence-corrected chi connectivity index (χ2v) is 12.1. The van der Waals surface area contributed by atoms with E-state index in [1.54, 1.807) is 62.6 Å². The van der Waals surface area contributed by atoms with E-state index in [1.165, 1.54) is 4.90 Å². The first kappa shape index (κ1) is 31.7. The number of rotatable bonds is 13. The van der Waals surface area contributed by atoms with Gasteiger partial charge in [-0.05, 0) is 81.1 Å². The Hall–Kier alpha value is -3.85. The van der Waals surface area contributed by atoms with Crippen molar-refractivity contribution in [3.8, 4) is 5.75 Å². The van der Waals surface area contributed by atoms with Crippen molar-refractivity contribution in [1.82, 2.24) is 10.2 Å². The largest absolute Gasteiger partial charge is 0.497 e. The lowest BCUT2D eigenvalue weighted by Crippen LogP contribution is -2.51. The maximum absolute atomic E-state index is 14.1. The highest BCUT2D eigenvalue weighted by atomic mass is 32.2. The molecule has 0 aliphatic heterocycles. The monoisotopic (exact) mass is 579 g/mol. The van der Waals surface area contributed by atoms with Crippen molar-refractivity contribution in [3.63, 3.8) is 0 Å². The Bertz CT molecular complexity index is 1450. The Balaban J connectivity index is 2.05. The average Bonchev–Trinajstić information content (AvgIpc) is 2.96. The molecule has 0 spiro atoms. The molecule has 0 fully saturated rings. The third-order valence-electron chi connectivity index (χ3n) is 7.22. The lowest BCUT2D eigenvalue weighted by atomic mass is 10.1. The molecule has 3 aromatic rings. The Labute approximate surface area is 244 Å². The minimum Gasteiger partial charge on any atom is -0.497 e. The summed E-state index contributed by atoms with van der Waals surface area (Å²) in [6.07, 6.45) is 1.74. The summed E-state index contributed by atoms with van der Waals surface area (Å²) in [5.41, 5.74) is 3.74. The van der Waals surface area contributed by atoms with E-state index in [1.807, 2.05) is 45.9 Å². The van der Waals surface area contributed by atoms with Gasteiger partial charge in [0.2, 0.25) is 11.8 Å². The Morgan fingerprint density at radius 3 is 2.32 bits per heavy atom. The van der Waals surface area contributed by atoms with Crippen LogP contribution in [0.15, 0.2) is 71.6 Å². The van der Waals surface area contributed by atoms with Crippen molar-refractivity contribution in [1.29, 1.82) is 0 Å². The van der Waals surface area contributed by atoms with Crippen LogP contribution in [-0.2, 0) is 26.2 Å². The van der Waals surface area contributed by atoms with Gasteiger partial charge in [0.05, 0.1) is 17.7 Å². The summed E-state index contributed by atoms with van der Waals surface area (Å²) in [5, 5.41) is 2.90. The smallest absolute Gasteiger partial charge is 0.264 e. The van der Waals surface area contributed by atoms with Crippen molar-refractivity contribution in [2.75, 3.05) is 24.5 Å². The van der Waals surface area contributed by atoms with E-state index in [0.717, 1.165) is 39.4 Å². The maximum Gasteiger partial charge on any atom is 0.264 e. The molecular formula is C32H41N3O5S. The van der Waals surface area contributed by atoms with E-state index in [0.29, 0.717) is 18.0 Å². The van der Waals surface area contributed by atoms with Gasteiger partial charge in [0.15, 0.2) is 0 Å². The molecule has 0 saturated heterocycles. The molecule has 3 rings (SSSR count). The van der Waals surface area contributed by atoms with Crippen molar-refractivity contribution in [3.05, 3.63) is 89.0 Å². The van der Waals surface area contributed by atoms with Crippen molar-refractivity contribution in [2.45, 2.75) is 64.9 Å². The number of carbonyl (C=O) groups excluding carboxylic acids is 2. The lowest BCUT2D eigenvalue weighted by molar-refractivity contribution is -0.139. The highest BCUT2D eigenvalue weighted by Crippen LogP contribution is 2.29. The molecule has 0 heterocycles. The van der Waals surface area contributed by atoms with Gasteiger partial charge in [-0.2, -0.15) is 0 Å². The minimum atomic E-state index is -4.12. The summed E-state index contributed by atoms with van der Waals surface area (Å²) in [7, 11) is -2.56. The van der Waals surface area contributed by atoms with Crippen LogP contribution in [0.1, 0.15) is 48.9 Å². The number of methoxy groups -OCH3 is 1. The van der Waals surface area contributed by atoms with Gasteiger partial charge in [-0.15, -0.1) is 0 Å². The predicted molar refractivity (Wildman–Crippen MR) is 163 cm³/mol. The number of unbranched alkanes of at least 4 members (excludes halogenated alkanes) is 1. The predicted octanol–water partition coefficient (Wildman–Crippen LogP) is 5.15. The average molecular weight is 580 g/mol. The van der Waals surface area contributed by atoms with Crippen LogP contribution in [0.2, 0.25) is 0 Å². The molecule has 8 nitrogen and oxygen atoms in total. The highest BCUT2D eigenvalue weighted by molar-refractivity contribution is 7.92. The number of amides is 2. The topological polar surface area (TPSA) is 96.0 Å². The van der Waals surface area contributed by atoms with Crippen LogP contribution in [-0.4, -0.2) is 51.4 Å². The molecule has 220 valence electrons. The Morgan fingerprint density at radius 2 is 1.66 bits per heavy atom. The van der Waals surface area contributed by atoms with Gasteiger partial charge in [0.1, 0.15) is 18.3 Å². The second-order valence-electron chi connectivity index (χ2n) is 10.2. The van der Waals surface area contributed by atoms with Gasteiger partial charge in [0.25, 0.3) is 10.0 Å². The summed E-state index contributed by atoms with van der Waals surface area (Å²) < 4.78 is 34.6. The lowest BCUT2D eigenvalue weighted by Gasteiger charge is -2.32. The standard InChI is InChI=1S/C32H41N3O5S/c1-7-8-19-33-32(37)26(5)34(21-27-12-10-13-28(20-27)40-6)31(36)22-35(30-14-9-11-24(3)25(30)4)41(38,39)29-17-15-23(2)16-18-29/h9-18,20,26H,7-8,19,21-22H2,1-6H3,(H,33,37). The van der Waals surface area contributed by atoms with Crippen LogP contribution in [0.3, 0.4) is 0 Å². The number of carbonyl (C=O) groups is 2. The number of nitrogens with zero attached hydrogens (tertiary/aromatic N) is 2. The zero-order valence-electron chi connectivity index (χ0n) is 24.8. The van der Waals surface area contributed by atoms with E-state index in [2.05, 4.69) is 5.32 Å².